The number of aromatic amines is 3. The zero-order valence-electron chi connectivity index (χ0n) is 74.7. The number of hydrogen-bond donors (Lipinski definition) is 21. The van der Waals surface area contributed by atoms with Crippen molar-refractivity contribution in [3.8, 4) is 5.75 Å². The summed E-state index contributed by atoms with van der Waals surface area (Å²) in [6.45, 7) is 2.02. The van der Waals surface area contributed by atoms with Crippen molar-refractivity contribution in [2.24, 2.45) is 11.5 Å². The van der Waals surface area contributed by atoms with Crippen LogP contribution in [0.3, 0.4) is 0 Å². The van der Waals surface area contributed by atoms with Gasteiger partial charge in [-0.15, -0.1) is 11.8 Å². The van der Waals surface area contributed by atoms with Gasteiger partial charge in [-0.25, -0.2) is 4.98 Å². The molecule has 45 nitrogen and oxygen atoms in total. The van der Waals surface area contributed by atoms with Crippen LogP contribution in [0.1, 0.15) is 133 Å². The first-order chi connectivity index (χ1) is 63.9. The standard InChI is InChI=1S/C88H117N21O24S/c1-6-8-17-58-85(130)107(5)67(20-9-7-2)82(127)97-57(27-29-73(116)117)77(122)105-66(76(121)94-40-71(90)114)43-134-44-72(115)96-63(31-47-22-24-51(111)25-23-47)86(131)106(4)46(3)75(120)103-64(36-74(118)119)88(133)108-30-14-21-68(108)83(128)102-62(34-50-39-91-45-95-50)80(125)99-59(26-28-70(89)113)87(132)109-41-52(112)35-69(109)84(129)101-61(33-49-38-93-56-19-13-11-16-54(49)56)79(124)104-65(42-110)81(126)100-60(78(123)98-58)32-48-37-92-55-18-12-10-15-53(48)55/h10-13,15-16,18-19,22-25,37-39,45-46,52,57-69,92-93,110-112H,6-9,14,17,20-21,26-36,40-44H2,1-5H3,(H2,89,113)(H2,90,114)(H,91,95)(H,94,121)(H,96,115)(H,97,127)(H,98,123)(H,99,125)(H,100,126)(H,101,129)(H,102,128)(H,103,120)(H,104,124)(H,105,122)(H,116,117)(H,118,119)/t46-,52+,57-,58+,59-,60-,61-,62-,63-,64+,65-,66-,67-,68-,69-/m0/s1. The predicted octanol–water partition coefficient (Wildman–Crippen LogP) is -3.85. The number of aromatic nitrogens is 4. The van der Waals surface area contributed by atoms with Gasteiger partial charge in [-0.2, -0.15) is 0 Å². The largest absolute Gasteiger partial charge is 0.508 e. The number of nitrogens with zero attached hydrogens (tertiary/aromatic N) is 5. The average molecular weight is 1890 g/mol. The highest BCUT2D eigenvalue weighted by atomic mass is 32.2. The Morgan fingerprint density at radius 1 is 0.522 bits per heavy atom. The summed E-state index contributed by atoms with van der Waals surface area (Å²) in [4.78, 5) is 290. The molecule has 0 bridgehead atoms. The SMILES string of the molecule is CCCC[C@H]1NC(=O)[C@H](Cc2c[nH]c3ccccc23)NC(=O)[C@H](CO)NC(=O)[C@H](Cc2c[nH]c3ccccc23)NC(=O)[C@@H]2C[C@@H](O)CN2C(=O)[C@H](CCC(N)=O)NC(=O)[C@H](Cc2cnc[nH]2)NC(=O)[C@@H]2CCCN2C(=O)[C@@H](CC(=O)O)NC(=O)[C@H](C)N(C)C(=O)[C@H](Cc2ccc(O)cc2)NC(=O)CSC[C@@H](C(=O)NCC(N)=O)NC(=O)[C@H](CCC(=O)O)NC(=O)[C@H](CCCC)N(C)C1=O. The Kier molecular flexibility index (Phi) is 38.3. The number of benzene rings is 3. The number of aliphatic hydroxyl groups excluding tert-OH is 2. The zero-order valence-corrected chi connectivity index (χ0v) is 75.5. The van der Waals surface area contributed by atoms with Crippen LogP contribution in [0.4, 0.5) is 0 Å². The third-order valence-electron chi connectivity index (χ3n) is 23.5. The molecule has 3 aromatic heterocycles. The number of aromatic hydroxyl groups is 1. The first-order valence-corrected chi connectivity index (χ1v) is 45.2. The van der Waals surface area contributed by atoms with Crippen LogP contribution in [0, 0.1) is 0 Å². The number of primary amides is 2. The van der Waals surface area contributed by atoms with Gasteiger partial charge in [0.1, 0.15) is 90.3 Å². The molecule has 0 spiro atoms. The maximum absolute atomic E-state index is 15.3. The Morgan fingerprint density at radius 3 is 1.62 bits per heavy atom. The monoisotopic (exact) mass is 1880 g/mol. The molecule has 23 N–H and O–H groups in total. The lowest BCUT2D eigenvalue weighted by atomic mass is 10.0. The predicted molar refractivity (Wildman–Crippen MR) is 480 cm³/mol. The minimum Gasteiger partial charge on any atom is -0.508 e. The number of imidazole rings is 1. The number of nitrogens with one attached hydrogen (secondary N) is 14. The van der Waals surface area contributed by atoms with Gasteiger partial charge < -0.3 is 130 Å². The Bertz CT molecular complexity index is 5240. The number of carbonyl (C=O) groups is 19. The number of carboxylic acid groups (broad SMARTS) is 2. The summed E-state index contributed by atoms with van der Waals surface area (Å²) in [5, 5.41) is 82.1. The van der Waals surface area contributed by atoms with Crippen molar-refractivity contribution in [3.05, 3.63) is 120 Å². The van der Waals surface area contributed by atoms with Gasteiger partial charge in [0.05, 0.1) is 37.8 Å². The summed E-state index contributed by atoms with van der Waals surface area (Å²) in [6.07, 6.45) is -0.196. The van der Waals surface area contributed by atoms with Gasteiger partial charge >= 0.3 is 11.9 Å². The molecule has 15 atom stereocenters. The molecule has 17 amide bonds. The van der Waals surface area contributed by atoms with Crippen molar-refractivity contribution < 1.29 is 117 Å². The van der Waals surface area contributed by atoms with E-state index in [-0.39, 0.29) is 75.8 Å². The number of H-pyrrole nitrogens is 3. The molecular formula is C88H117N21O24S. The number of unbranched alkanes of at least 4 members (excludes halogenated alkanes) is 2. The van der Waals surface area contributed by atoms with Gasteiger partial charge in [-0.3, -0.25) is 91.1 Å². The number of aliphatic carboxylic acids is 2. The molecule has 0 unspecified atom stereocenters. The maximum Gasteiger partial charge on any atom is 0.305 e. The number of thioether (sulfide) groups is 1. The fourth-order valence-electron chi connectivity index (χ4n) is 16.0. The summed E-state index contributed by atoms with van der Waals surface area (Å²) >= 11 is 0.682. The van der Waals surface area contributed by atoms with Crippen LogP contribution in [-0.2, 0) is 117 Å². The summed E-state index contributed by atoms with van der Waals surface area (Å²) < 4.78 is 0. The van der Waals surface area contributed by atoms with Gasteiger partial charge in [-0.1, -0.05) is 88.1 Å². The number of rotatable bonds is 26. The second kappa shape index (κ2) is 49.4. The van der Waals surface area contributed by atoms with E-state index in [9.17, 15) is 83.1 Å². The van der Waals surface area contributed by atoms with E-state index < -0.39 is 279 Å². The molecule has 0 radical (unpaired) electrons. The van der Waals surface area contributed by atoms with E-state index in [0.29, 0.717) is 63.1 Å². The molecule has 724 valence electrons. The average Bonchev–Trinajstić information content (AvgIpc) is 1.65. The molecule has 134 heavy (non-hydrogen) atoms. The number of aliphatic hydroxyl groups is 2. The molecule has 3 fully saturated rings. The minimum absolute atomic E-state index is 0.0892. The number of amides is 17. The summed E-state index contributed by atoms with van der Waals surface area (Å²) in [7, 11) is 2.41. The number of phenols is 1. The fourth-order valence-corrected chi connectivity index (χ4v) is 16.9. The van der Waals surface area contributed by atoms with E-state index in [4.69, 9.17) is 11.5 Å². The van der Waals surface area contributed by atoms with Gasteiger partial charge in [0.2, 0.25) is 100 Å². The van der Waals surface area contributed by atoms with Crippen LogP contribution in [0.25, 0.3) is 21.8 Å². The summed E-state index contributed by atoms with van der Waals surface area (Å²) in [5.74, 6) is -22.2. The van der Waals surface area contributed by atoms with E-state index in [2.05, 4.69) is 78.4 Å². The van der Waals surface area contributed by atoms with Crippen LogP contribution in [-0.4, -0.2) is 320 Å². The van der Waals surface area contributed by atoms with E-state index in [1.807, 2.05) is 0 Å². The maximum atomic E-state index is 15.3. The zero-order chi connectivity index (χ0) is 97.7. The van der Waals surface area contributed by atoms with Gasteiger partial charge in [0.25, 0.3) is 0 Å². The topological polar surface area (TPSA) is 683 Å². The van der Waals surface area contributed by atoms with Crippen molar-refractivity contribution >= 4 is 146 Å². The minimum atomic E-state index is -1.96. The van der Waals surface area contributed by atoms with Crippen molar-refractivity contribution in [2.75, 3.05) is 51.8 Å². The van der Waals surface area contributed by atoms with E-state index in [1.165, 1.54) is 50.8 Å². The van der Waals surface area contributed by atoms with Gasteiger partial charge in [0.15, 0.2) is 0 Å². The fraction of sp³-hybridized carbons (Fsp3) is 0.500. The molecule has 6 aromatic rings. The van der Waals surface area contributed by atoms with Gasteiger partial charge in [-0.05, 0) is 86.4 Å². The van der Waals surface area contributed by atoms with E-state index >= 15 is 33.6 Å². The highest BCUT2D eigenvalue weighted by molar-refractivity contribution is 8.00. The number of fused-ring (bicyclic) bond motifs is 4. The van der Waals surface area contributed by atoms with Crippen LogP contribution in [0.5, 0.6) is 5.75 Å². The third-order valence-corrected chi connectivity index (χ3v) is 24.5. The lowest BCUT2D eigenvalue weighted by molar-refractivity contribution is -0.147. The summed E-state index contributed by atoms with van der Waals surface area (Å²) in [5.41, 5.74) is 13.7. The first kappa shape index (κ1) is 104. The molecule has 46 heteroatoms. The molecule has 0 aliphatic carbocycles. The lowest BCUT2D eigenvalue weighted by Crippen LogP contribution is -2.61. The quantitative estimate of drug-likeness (QED) is 0.0247. The Hall–Kier alpha value is -14.0. The van der Waals surface area contributed by atoms with Crippen molar-refractivity contribution in [1.82, 2.24) is 98.0 Å². The lowest BCUT2D eigenvalue weighted by Gasteiger charge is -2.33. The van der Waals surface area contributed by atoms with Crippen LogP contribution in [0.15, 0.2) is 97.7 Å². The third kappa shape index (κ3) is 29.0. The van der Waals surface area contributed by atoms with Crippen molar-refractivity contribution in [1.29, 1.82) is 0 Å². The molecule has 3 aliphatic rings. The number of carbonyl (C=O) groups excluding carboxylic acids is 17. The molecule has 3 aromatic carbocycles. The van der Waals surface area contributed by atoms with Gasteiger partial charge in [0, 0.05) is 124 Å². The highest BCUT2D eigenvalue weighted by Crippen LogP contribution is 2.27. The second-order valence-corrected chi connectivity index (χ2v) is 34.4. The number of hydrogen-bond acceptors (Lipinski definition) is 24. The Labute approximate surface area is 773 Å². The number of para-hydroxylation sites is 2. The molecule has 3 aliphatic heterocycles. The molecule has 9 rings (SSSR count). The first-order valence-electron chi connectivity index (χ1n) is 44.0. The van der Waals surface area contributed by atoms with E-state index in [1.54, 1.807) is 74.8 Å². The van der Waals surface area contributed by atoms with Crippen molar-refractivity contribution in [3.63, 3.8) is 0 Å². The number of nitrogens with two attached hydrogens (primary N) is 2. The normalized spacial score (nSPS) is 24.7. The number of phenolic OH excluding ortho intramolecular Hbond substituents is 1. The second-order valence-electron chi connectivity index (χ2n) is 33.3. The highest BCUT2D eigenvalue weighted by Gasteiger charge is 2.47. The van der Waals surface area contributed by atoms with Crippen LogP contribution >= 0.6 is 11.8 Å². The van der Waals surface area contributed by atoms with E-state index in [0.717, 1.165) is 26.6 Å². The Balaban J connectivity index is 1.09. The molecule has 3 saturated heterocycles. The molecule has 0 saturated carbocycles. The Morgan fingerprint density at radius 2 is 1.04 bits per heavy atom. The van der Waals surface area contributed by atoms with Crippen molar-refractivity contribution in [2.45, 2.75) is 227 Å². The van der Waals surface area contributed by atoms with Crippen LogP contribution < -0.4 is 70.0 Å². The number of likely N-dealkylation sites (N-methyl/N-ethyl adjacent to an activating group) is 2. The van der Waals surface area contributed by atoms with Crippen LogP contribution in [0.2, 0.25) is 0 Å². The molecular weight excluding hydrogens is 1770 g/mol. The summed E-state index contributed by atoms with van der Waals surface area (Å²) in [6, 6.07) is -4.52. The number of carboxylic acids is 2. The molecule has 6 heterocycles. The smallest absolute Gasteiger partial charge is 0.305 e.